The Morgan fingerprint density at radius 2 is 1.77 bits per heavy atom. The Hall–Kier alpha value is -3.03. The predicted molar refractivity (Wildman–Crippen MR) is 116 cm³/mol. The topological polar surface area (TPSA) is 79.3 Å². The number of amides is 1. The van der Waals surface area contributed by atoms with Crippen LogP contribution in [-0.2, 0) is 9.59 Å². The molecule has 1 amide bonds. The summed E-state index contributed by atoms with van der Waals surface area (Å²) in [7, 11) is 3.78. The second-order valence-electron chi connectivity index (χ2n) is 7.71. The van der Waals surface area contributed by atoms with Crippen molar-refractivity contribution in [3.05, 3.63) is 64.2 Å². The SMILES string of the molecule is CN(C)CCN1C(=O)C(=O)/C(=C(/O)c2ccc3c(c2)OCCO3)C1c1ccc(Cl)cc1. The molecule has 1 N–H and O–H groups in total. The zero-order valence-corrected chi connectivity index (χ0v) is 18.1. The van der Waals surface area contributed by atoms with Crippen molar-refractivity contribution in [1.29, 1.82) is 0 Å². The number of carbonyl (C=O) groups is 2. The molecule has 7 nitrogen and oxygen atoms in total. The minimum Gasteiger partial charge on any atom is -0.507 e. The van der Waals surface area contributed by atoms with Crippen LogP contribution in [-0.4, -0.2) is 67.0 Å². The van der Waals surface area contributed by atoms with Gasteiger partial charge in [0.2, 0.25) is 0 Å². The van der Waals surface area contributed by atoms with Gasteiger partial charge in [0, 0.05) is 23.7 Å². The molecule has 31 heavy (non-hydrogen) atoms. The smallest absolute Gasteiger partial charge is 0.295 e. The molecule has 2 aromatic rings. The van der Waals surface area contributed by atoms with Gasteiger partial charge in [-0.2, -0.15) is 0 Å². The van der Waals surface area contributed by atoms with Crippen LogP contribution in [0.2, 0.25) is 5.02 Å². The average molecular weight is 443 g/mol. The third-order valence-electron chi connectivity index (χ3n) is 5.33. The molecular weight excluding hydrogens is 420 g/mol. The summed E-state index contributed by atoms with van der Waals surface area (Å²) in [5.41, 5.74) is 1.12. The summed E-state index contributed by atoms with van der Waals surface area (Å²) in [6.45, 7) is 1.76. The number of halogens is 1. The molecule has 2 aliphatic rings. The third kappa shape index (κ3) is 4.11. The summed E-state index contributed by atoms with van der Waals surface area (Å²) in [6, 6.07) is 11.2. The van der Waals surface area contributed by atoms with Crippen LogP contribution in [0.3, 0.4) is 0 Å². The number of ether oxygens (including phenoxy) is 2. The average Bonchev–Trinajstić information content (AvgIpc) is 3.02. The maximum atomic E-state index is 13.0. The van der Waals surface area contributed by atoms with Crippen molar-refractivity contribution in [3.63, 3.8) is 0 Å². The summed E-state index contributed by atoms with van der Waals surface area (Å²) in [4.78, 5) is 29.3. The van der Waals surface area contributed by atoms with Crippen LogP contribution in [0.1, 0.15) is 17.2 Å². The maximum absolute atomic E-state index is 13.0. The number of hydrogen-bond donors (Lipinski definition) is 1. The molecule has 2 aliphatic heterocycles. The van der Waals surface area contributed by atoms with Crippen LogP contribution in [0.25, 0.3) is 5.76 Å². The highest BCUT2D eigenvalue weighted by Gasteiger charge is 2.45. The van der Waals surface area contributed by atoms with E-state index in [0.29, 0.717) is 54.0 Å². The van der Waals surface area contributed by atoms with E-state index >= 15 is 0 Å². The lowest BCUT2D eigenvalue weighted by Crippen LogP contribution is -2.35. The summed E-state index contributed by atoms with van der Waals surface area (Å²) < 4.78 is 11.1. The normalized spacial score (nSPS) is 19.9. The van der Waals surface area contributed by atoms with Gasteiger partial charge in [0.25, 0.3) is 11.7 Å². The van der Waals surface area contributed by atoms with Gasteiger partial charge in [0.15, 0.2) is 11.5 Å². The highest BCUT2D eigenvalue weighted by Crippen LogP contribution is 2.41. The van der Waals surface area contributed by atoms with Crippen molar-refractivity contribution < 1.29 is 24.2 Å². The van der Waals surface area contributed by atoms with E-state index in [1.54, 1.807) is 42.5 Å². The van der Waals surface area contributed by atoms with E-state index in [4.69, 9.17) is 21.1 Å². The van der Waals surface area contributed by atoms with E-state index in [-0.39, 0.29) is 11.3 Å². The third-order valence-corrected chi connectivity index (χ3v) is 5.58. The van der Waals surface area contributed by atoms with Crippen LogP contribution >= 0.6 is 11.6 Å². The zero-order valence-electron chi connectivity index (χ0n) is 17.3. The highest BCUT2D eigenvalue weighted by molar-refractivity contribution is 6.46. The van der Waals surface area contributed by atoms with Crippen molar-refractivity contribution in [2.75, 3.05) is 40.4 Å². The Morgan fingerprint density at radius 1 is 1.10 bits per heavy atom. The maximum Gasteiger partial charge on any atom is 0.295 e. The molecule has 8 heteroatoms. The van der Waals surface area contributed by atoms with Gasteiger partial charge >= 0.3 is 0 Å². The molecule has 1 saturated heterocycles. The molecule has 0 spiro atoms. The van der Waals surface area contributed by atoms with Gasteiger partial charge in [-0.05, 0) is 50.0 Å². The lowest BCUT2D eigenvalue weighted by Gasteiger charge is -2.26. The van der Waals surface area contributed by atoms with Gasteiger partial charge in [-0.1, -0.05) is 23.7 Å². The monoisotopic (exact) mass is 442 g/mol. The molecule has 1 atom stereocenters. The van der Waals surface area contributed by atoms with Crippen molar-refractivity contribution >= 4 is 29.1 Å². The van der Waals surface area contributed by atoms with E-state index < -0.39 is 17.7 Å². The lowest BCUT2D eigenvalue weighted by atomic mass is 9.95. The quantitative estimate of drug-likeness (QED) is 0.435. The van der Waals surface area contributed by atoms with Gasteiger partial charge in [-0.15, -0.1) is 0 Å². The molecule has 0 bridgehead atoms. The standard InChI is InChI=1S/C23H23ClN2O5/c1-25(2)9-10-26-20(14-3-6-16(24)7-4-14)19(22(28)23(26)29)21(27)15-5-8-17-18(13-15)31-12-11-30-17/h3-8,13,20,27H,9-12H2,1-2H3/b21-19+. The molecule has 0 radical (unpaired) electrons. The second-order valence-corrected chi connectivity index (χ2v) is 8.14. The molecule has 0 aliphatic carbocycles. The van der Waals surface area contributed by atoms with Crippen LogP contribution in [0, 0.1) is 0 Å². The first kappa shape index (κ1) is 21.2. The molecule has 0 aromatic heterocycles. The van der Waals surface area contributed by atoms with Gasteiger partial charge in [0.1, 0.15) is 19.0 Å². The number of likely N-dealkylation sites (N-methyl/N-ethyl adjacent to an activating group) is 1. The van der Waals surface area contributed by atoms with E-state index in [9.17, 15) is 14.7 Å². The van der Waals surface area contributed by atoms with E-state index in [0.717, 1.165) is 0 Å². The highest BCUT2D eigenvalue weighted by atomic mass is 35.5. The van der Waals surface area contributed by atoms with E-state index in [1.807, 2.05) is 19.0 Å². The predicted octanol–water partition coefficient (Wildman–Crippen LogP) is 3.09. The van der Waals surface area contributed by atoms with Crippen LogP contribution in [0.4, 0.5) is 0 Å². The van der Waals surface area contributed by atoms with Gasteiger partial charge < -0.3 is 24.4 Å². The second kappa shape index (κ2) is 8.61. The number of fused-ring (bicyclic) bond motifs is 1. The van der Waals surface area contributed by atoms with Gasteiger partial charge in [0.05, 0.1) is 11.6 Å². The number of Topliss-reactive ketones (excluding diaryl/α,β-unsaturated/α-hetero) is 1. The number of nitrogens with zero attached hydrogens (tertiary/aromatic N) is 2. The first-order valence-corrected chi connectivity index (χ1v) is 10.3. The summed E-state index contributed by atoms with van der Waals surface area (Å²) in [5.74, 6) is -0.543. The number of benzene rings is 2. The van der Waals surface area contributed by atoms with E-state index in [2.05, 4.69) is 0 Å². The van der Waals surface area contributed by atoms with Crippen LogP contribution in [0.5, 0.6) is 11.5 Å². The van der Waals surface area contributed by atoms with Crippen LogP contribution in [0.15, 0.2) is 48.0 Å². The van der Waals surface area contributed by atoms with Crippen molar-refractivity contribution in [1.82, 2.24) is 9.80 Å². The Morgan fingerprint density at radius 3 is 2.45 bits per heavy atom. The molecule has 4 rings (SSSR count). The first-order chi connectivity index (χ1) is 14.9. The van der Waals surface area contributed by atoms with Crippen molar-refractivity contribution in [2.45, 2.75) is 6.04 Å². The number of aliphatic hydroxyl groups excluding tert-OH is 1. The molecular formula is C23H23ClN2O5. The largest absolute Gasteiger partial charge is 0.507 e. The van der Waals surface area contributed by atoms with Crippen LogP contribution < -0.4 is 9.47 Å². The minimum absolute atomic E-state index is 0.0442. The first-order valence-electron chi connectivity index (χ1n) is 9.95. The van der Waals surface area contributed by atoms with Crippen molar-refractivity contribution in [3.8, 4) is 11.5 Å². The molecule has 2 aromatic carbocycles. The van der Waals surface area contributed by atoms with E-state index in [1.165, 1.54) is 4.90 Å². The van der Waals surface area contributed by atoms with Crippen molar-refractivity contribution in [2.24, 2.45) is 0 Å². The fraction of sp³-hybridized carbons (Fsp3) is 0.304. The number of ketones is 1. The van der Waals surface area contributed by atoms with Gasteiger partial charge in [-0.25, -0.2) is 0 Å². The molecule has 1 fully saturated rings. The Kier molecular flexibility index (Phi) is 5.89. The summed E-state index contributed by atoms with van der Waals surface area (Å²) >= 11 is 6.04. The Balaban J connectivity index is 1.81. The molecule has 2 heterocycles. The Bertz CT molecular complexity index is 1050. The lowest BCUT2D eigenvalue weighted by molar-refractivity contribution is -0.140. The summed E-state index contributed by atoms with van der Waals surface area (Å²) in [6.07, 6.45) is 0. The minimum atomic E-state index is -0.717. The molecule has 1 unspecified atom stereocenters. The number of aliphatic hydroxyl groups is 1. The summed E-state index contributed by atoms with van der Waals surface area (Å²) in [5, 5.41) is 11.7. The number of hydrogen-bond acceptors (Lipinski definition) is 6. The number of likely N-dealkylation sites (tertiary alicyclic amines) is 1. The fourth-order valence-corrected chi connectivity index (χ4v) is 3.88. The zero-order chi connectivity index (χ0) is 22.1. The van der Waals surface area contributed by atoms with Gasteiger partial charge in [-0.3, -0.25) is 9.59 Å². The fourth-order valence-electron chi connectivity index (χ4n) is 3.76. The number of rotatable bonds is 5. The number of carbonyl (C=O) groups excluding carboxylic acids is 2. The molecule has 162 valence electrons. The molecule has 0 saturated carbocycles. The Labute approximate surface area is 185 Å².